The topological polar surface area (TPSA) is 27.1 Å². The second-order valence-corrected chi connectivity index (χ2v) is 5.17. The lowest BCUT2D eigenvalue weighted by Gasteiger charge is -2.23. The Morgan fingerprint density at radius 3 is 2.75 bits per heavy atom. The van der Waals surface area contributed by atoms with Gasteiger partial charge in [-0.1, -0.05) is 0 Å². The number of rotatable bonds is 2. The molecule has 1 aromatic rings. The van der Waals surface area contributed by atoms with Gasteiger partial charge in [-0.2, -0.15) is 5.10 Å². The molecule has 1 fully saturated rings. The van der Waals surface area contributed by atoms with E-state index >= 15 is 0 Å². The minimum atomic E-state index is 0.0262. The quantitative estimate of drug-likeness (QED) is 0.745. The van der Waals surface area contributed by atoms with Crippen LogP contribution in [-0.2, 0) is 4.74 Å². The zero-order valence-corrected chi connectivity index (χ0v) is 10.9. The molecular formula is C12H19ClN2O. The van der Waals surface area contributed by atoms with Crippen molar-refractivity contribution in [2.45, 2.75) is 45.0 Å². The van der Waals surface area contributed by atoms with Gasteiger partial charge in [-0.25, -0.2) is 0 Å². The van der Waals surface area contributed by atoms with E-state index in [-0.39, 0.29) is 5.38 Å². The van der Waals surface area contributed by atoms with Crippen LogP contribution in [-0.4, -0.2) is 23.0 Å². The molecule has 3 nitrogen and oxygen atoms in total. The molecule has 0 amide bonds. The van der Waals surface area contributed by atoms with Crippen molar-refractivity contribution < 1.29 is 4.74 Å². The lowest BCUT2D eigenvalue weighted by molar-refractivity contribution is 0.0541. The van der Waals surface area contributed by atoms with Crippen LogP contribution in [0.4, 0.5) is 0 Å². The summed E-state index contributed by atoms with van der Waals surface area (Å²) in [5.41, 5.74) is 3.41. The lowest BCUT2D eigenvalue weighted by Crippen LogP contribution is -2.23. The van der Waals surface area contributed by atoms with Crippen molar-refractivity contribution >= 4 is 11.6 Å². The van der Waals surface area contributed by atoms with E-state index in [0.717, 1.165) is 31.7 Å². The fourth-order valence-corrected chi connectivity index (χ4v) is 2.84. The van der Waals surface area contributed by atoms with Crippen LogP contribution in [0.2, 0.25) is 0 Å². The molecule has 4 heteroatoms. The predicted molar refractivity (Wildman–Crippen MR) is 65.1 cm³/mol. The maximum atomic E-state index is 6.18. The summed E-state index contributed by atoms with van der Waals surface area (Å²) in [6, 6.07) is 0.386. The van der Waals surface area contributed by atoms with Crippen molar-refractivity contribution in [3.8, 4) is 0 Å². The third kappa shape index (κ3) is 2.11. The number of ether oxygens (including phenoxy) is 1. The summed E-state index contributed by atoms with van der Waals surface area (Å²) in [5, 5.41) is 4.63. The molecule has 16 heavy (non-hydrogen) atoms. The van der Waals surface area contributed by atoms with Crippen LogP contribution in [0.3, 0.4) is 0 Å². The van der Waals surface area contributed by atoms with Gasteiger partial charge in [0.15, 0.2) is 0 Å². The maximum Gasteiger partial charge on any atom is 0.0756 e. The minimum Gasteiger partial charge on any atom is -0.379 e. The molecular weight excluding hydrogens is 224 g/mol. The largest absolute Gasteiger partial charge is 0.379 e. The summed E-state index contributed by atoms with van der Waals surface area (Å²) in [4.78, 5) is 0. The van der Waals surface area contributed by atoms with Crippen LogP contribution in [0.15, 0.2) is 0 Å². The summed E-state index contributed by atoms with van der Waals surface area (Å²) in [5.74, 6) is 0. The van der Waals surface area contributed by atoms with E-state index in [1.54, 1.807) is 0 Å². The number of hydrogen-bond acceptors (Lipinski definition) is 2. The van der Waals surface area contributed by atoms with Gasteiger partial charge in [0, 0.05) is 17.9 Å². The first-order valence-electron chi connectivity index (χ1n) is 5.88. The number of halogens is 1. The van der Waals surface area contributed by atoms with Crippen molar-refractivity contribution in [3.05, 3.63) is 17.0 Å². The average Bonchev–Trinajstić information content (AvgIpc) is 2.55. The molecule has 2 rings (SSSR count). The lowest BCUT2D eigenvalue weighted by atomic mass is 10.1. The number of hydrogen-bond donors (Lipinski definition) is 0. The Morgan fingerprint density at radius 2 is 2.25 bits per heavy atom. The van der Waals surface area contributed by atoms with Gasteiger partial charge in [-0.05, 0) is 33.6 Å². The SMILES string of the molecule is Cc1nn(C2CCCOC2)c(C)c1C(C)Cl. The molecule has 0 aromatic carbocycles. The maximum absolute atomic E-state index is 6.18. The van der Waals surface area contributed by atoms with Crippen molar-refractivity contribution in [2.24, 2.45) is 0 Å². The first-order valence-corrected chi connectivity index (χ1v) is 6.32. The molecule has 2 unspecified atom stereocenters. The van der Waals surface area contributed by atoms with Gasteiger partial charge in [-0.15, -0.1) is 11.6 Å². The predicted octanol–water partition coefficient (Wildman–Crippen LogP) is 3.15. The molecule has 0 bridgehead atoms. The zero-order valence-electron chi connectivity index (χ0n) is 10.2. The average molecular weight is 243 g/mol. The van der Waals surface area contributed by atoms with Crippen molar-refractivity contribution in [1.82, 2.24) is 9.78 Å². The van der Waals surface area contributed by atoms with Crippen LogP contribution in [0.25, 0.3) is 0 Å². The van der Waals surface area contributed by atoms with Gasteiger partial charge < -0.3 is 4.74 Å². The van der Waals surface area contributed by atoms with Crippen molar-refractivity contribution in [1.29, 1.82) is 0 Å². The van der Waals surface area contributed by atoms with Crippen molar-refractivity contribution in [2.75, 3.05) is 13.2 Å². The van der Waals surface area contributed by atoms with E-state index in [0.29, 0.717) is 6.04 Å². The van der Waals surface area contributed by atoms with Gasteiger partial charge in [0.05, 0.1) is 23.7 Å². The van der Waals surface area contributed by atoms with Crippen molar-refractivity contribution in [3.63, 3.8) is 0 Å². The molecule has 1 aliphatic rings. The molecule has 90 valence electrons. The smallest absolute Gasteiger partial charge is 0.0756 e. The van der Waals surface area contributed by atoms with Crippen LogP contribution in [0.1, 0.15) is 48.1 Å². The summed E-state index contributed by atoms with van der Waals surface area (Å²) in [6.07, 6.45) is 2.27. The molecule has 1 saturated heterocycles. The monoisotopic (exact) mass is 242 g/mol. The molecule has 0 spiro atoms. The summed E-state index contributed by atoms with van der Waals surface area (Å²) in [7, 11) is 0. The highest BCUT2D eigenvalue weighted by Gasteiger charge is 2.22. The van der Waals surface area contributed by atoms with E-state index in [1.807, 2.05) is 13.8 Å². The Hall–Kier alpha value is -0.540. The van der Waals surface area contributed by atoms with E-state index in [9.17, 15) is 0 Å². The van der Waals surface area contributed by atoms with E-state index in [1.165, 1.54) is 11.3 Å². The van der Waals surface area contributed by atoms with Gasteiger partial charge in [0.25, 0.3) is 0 Å². The van der Waals surface area contributed by atoms with E-state index < -0.39 is 0 Å². The molecule has 0 radical (unpaired) electrons. The highest BCUT2D eigenvalue weighted by atomic mass is 35.5. The van der Waals surface area contributed by atoms with Gasteiger partial charge in [-0.3, -0.25) is 4.68 Å². The normalized spacial score (nSPS) is 23.4. The van der Waals surface area contributed by atoms with Crippen LogP contribution in [0.5, 0.6) is 0 Å². The van der Waals surface area contributed by atoms with E-state index in [2.05, 4.69) is 16.7 Å². The molecule has 0 saturated carbocycles. The summed E-state index contributed by atoms with van der Waals surface area (Å²) in [6.45, 7) is 7.79. The number of aromatic nitrogens is 2. The summed E-state index contributed by atoms with van der Waals surface area (Å²) < 4.78 is 7.61. The molecule has 0 N–H and O–H groups in total. The Kier molecular flexibility index (Phi) is 3.55. The van der Waals surface area contributed by atoms with Gasteiger partial charge >= 0.3 is 0 Å². The van der Waals surface area contributed by atoms with E-state index in [4.69, 9.17) is 16.3 Å². The fraction of sp³-hybridized carbons (Fsp3) is 0.750. The molecule has 1 aromatic heterocycles. The molecule has 1 aliphatic heterocycles. The third-order valence-electron chi connectivity index (χ3n) is 3.26. The Balaban J connectivity index is 2.30. The first kappa shape index (κ1) is 11.9. The van der Waals surface area contributed by atoms with Crippen LogP contribution < -0.4 is 0 Å². The second-order valence-electron chi connectivity index (χ2n) is 4.52. The third-order valence-corrected chi connectivity index (χ3v) is 3.48. The van der Waals surface area contributed by atoms with Crippen LogP contribution in [0, 0.1) is 13.8 Å². The molecule has 2 heterocycles. The number of aryl methyl sites for hydroxylation is 1. The standard InChI is InChI=1S/C12H19ClN2O/c1-8(13)12-9(2)14-15(10(12)3)11-5-4-6-16-7-11/h8,11H,4-7H2,1-3H3. The molecule has 0 aliphatic carbocycles. The highest BCUT2D eigenvalue weighted by molar-refractivity contribution is 6.20. The highest BCUT2D eigenvalue weighted by Crippen LogP contribution is 2.29. The zero-order chi connectivity index (χ0) is 11.7. The minimum absolute atomic E-state index is 0.0262. The second kappa shape index (κ2) is 4.76. The number of nitrogens with zero attached hydrogens (tertiary/aromatic N) is 2. The van der Waals surface area contributed by atoms with Crippen LogP contribution >= 0.6 is 11.6 Å². The van der Waals surface area contributed by atoms with Gasteiger partial charge in [0.2, 0.25) is 0 Å². The Morgan fingerprint density at radius 1 is 1.50 bits per heavy atom. The number of alkyl halides is 1. The first-order chi connectivity index (χ1) is 7.61. The fourth-order valence-electron chi connectivity index (χ4n) is 2.52. The van der Waals surface area contributed by atoms with Gasteiger partial charge in [0.1, 0.15) is 0 Å². The Labute approximate surface area is 102 Å². The molecule has 2 atom stereocenters. The Bertz CT molecular complexity index is 367. The summed E-state index contributed by atoms with van der Waals surface area (Å²) >= 11 is 6.18.